The van der Waals surface area contributed by atoms with Gasteiger partial charge in [0.25, 0.3) is 0 Å². The van der Waals surface area contributed by atoms with E-state index in [1.54, 1.807) is 12.1 Å². The summed E-state index contributed by atoms with van der Waals surface area (Å²) in [7, 11) is 0. The minimum absolute atomic E-state index is 0.0486. The molecular formula is C13H19ClFNO3. The zero-order chi connectivity index (χ0) is 14.1. The second-order valence-corrected chi connectivity index (χ2v) is 4.32. The Morgan fingerprint density at radius 1 is 1.37 bits per heavy atom. The van der Waals surface area contributed by atoms with Gasteiger partial charge in [-0.05, 0) is 19.1 Å². The van der Waals surface area contributed by atoms with Gasteiger partial charge in [0.1, 0.15) is 0 Å². The van der Waals surface area contributed by atoms with Crippen LogP contribution >= 0.6 is 11.6 Å². The summed E-state index contributed by atoms with van der Waals surface area (Å²) >= 11 is 5.65. The molecule has 1 unspecified atom stereocenters. The van der Waals surface area contributed by atoms with Crippen molar-refractivity contribution in [1.82, 2.24) is 0 Å². The highest BCUT2D eigenvalue weighted by molar-refractivity contribution is 6.31. The van der Waals surface area contributed by atoms with Crippen molar-refractivity contribution >= 4 is 17.3 Å². The zero-order valence-corrected chi connectivity index (χ0v) is 11.6. The van der Waals surface area contributed by atoms with E-state index in [2.05, 4.69) is 5.32 Å². The summed E-state index contributed by atoms with van der Waals surface area (Å²) in [6.45, 7) is 3.82. The summed E-state index contributed by atoms with van der Waals surface area (Å²) in [5.74, 6) is -0.520. The van der Waals surface area contributed by atoms with E-state index < -0.39 is 11.9 Å². The standard InChI is InChI=1S/C13H19ClFNO3/c1-2-18-6-7-19-9-10(17)8-16-12-5-3-4-11(14)13(12)15/h3-5,10,16-17H,2,6-9H2,1H3. The number of aliphatic hydroxyl groups is 1. The van der Waals surface area contributed by atoms with Crippen molar-refractivity contribution in [2.24, 2.45) is 0 Å². The second kappa shape index (κ2) is 9.09. The number of anilines is 1. The molecule has 0 saturated heterocycles. The normalized spacial score (nSPS) is 12.4. The Morgan fingerprint density at radius 2 is 2.11 bits per heavy atom. The Bertz CT molecular complexity index is 379. The summed E-state index contributed by atoms with van der Waals surface area (Å²) < 4.78 is 23.8. The summed E-state index contributed by atoms with van der Waals surface area (Å²) in [6, 6.07) is 4.66. The van der Waals surface area contributed by atoms with Crippen LogP contribution in [0.3, 0.4) is 0 Å². The highest BCUT2D eigenvalue weighted by Crippen LogP contribution is 2.21. The highest BCUT2D eigenvalue weighted by Gasteiger charge is 2.08. The van der Waals surface area contributed by atoms with Crippen molar-refractivity contribution in [3.8, 4) is 0 Å². The number of ether oxygens (including phenoxy) is 2. The molecule has 1 aromatic carbocycles. The molecule has 0 aliphatic carbocycles. The first-order valence-electron chi connectivity index (χ1n) is 6.16. The van der Waals surface area contributed by atoms with Gasteiger partial charge in [-0.2, -0.15) is 0 Å². The molecule has 4 nitrogen and oxygen atoms in total. The van der Waals surface area contributed by atoms with Crippen molar-refractivity contribution in [3.63, 3.8) is 0 Å². The number of rotatable bonds is 9. The molecule has 0 radical (unpaired) electrons. The molecule has 0 heterocycles. The zero-order valence-electron chi connectivity index (χ0n) is 10.9. The van der Waals surface area contributed by atoms with Crippen LogP contribution in [0.25, 0.3) is 0 Å². The lowest BCUT2D eigenvalue weighted by Gasteiger charge is -2.14. The summed E-state index contributed by atoms with van der Waals surface area (Å²) in [5.41, 5.74) is 0.265. The number of nitrogens with one attached hydrogen (secondary N) is 1. The van der Waals surface area contributed by atoms with Gasteiger partial charge < -0.3 is 19.9 Å². The van der Waals surface area contributed by atoms with Crippen LogP contribution in [0, 0.1) is 5.82 Å². The molecule has 1 atom stereocenters. The summed E-state index contributed by atoms with van der Waals surface area (Å²) in [6.07, 6.45) is -0.722. The van der Waals surface area contributed by atoms with Crippen LogP contribution in [0.15, 0.2) is 18.2 Å². The smallest absolute Gasteiger partial charge is 0.164 e. The van der Waals surface area contributed by atoms with Crippen molar-refractivity contribution in [2.45, 2.75) is 13.0 Å². The fraction of sp³-hybridized carbons (Fsp3) is 0.538. The third kappa shape index (κ3) is 6.20. The van der Waals surface area contributed by atoms with E-state index in [9.17, 15) is 9.50 Å². The fourth-order valence-electron chi connectivity index (χ4n) is 1.41. The lowest BCUT2D eigenvalue weighted by molar-refractivity contribution is 0.0103. The molecule has 0 amide bonds. The molecule has 2 N–H and O–H groups in total. The maximum Gasteiger partial charge on any atom is 0.164 e. The van der Waals surface area contributed by atoms with E-state index in [4.69, 9.17) is 21.1 Å². The lowest BCUT2D eigenvalue weighted by atomic mass is 10.3. The largest absolute Gasteiger partial charge is 0.389 e. The Balaban J connectivity index is 2.22. The quantitative estimate of drug-likeness (QED) is 0.686. The van der Waals surface area contributed by atoms with Crippen LogP contribution in [0.1, 0.15) is 6.92 Å². The molecule has 6 heteroatoms. The highest BCUT2D eigenvalue weighted by atomic mass is 35.5. The first-order chi connectivity index (χ1) is 9.15. The van der Waals surface area contributed by atoms with Crippen molar-refractivity contribution in [2.75, 3.05) is 38.3 Å². The van der Waals surface area contributed by atoms with Gasteiger partial charge in [0.05, 0.1) is 36.6 Å². The Labute approximate surface area is 117 Å². The number of aliphatic hydroxyl groups excluding tert-OH is 1. The van der Waals surface area contributed by atoms with Gasteiger partial charge in [0.15, 0.2) is 5.82 Å². The van der Waals surface area contributed by atoms with Gasteiger partial charge in [0.2, 0.25) is 0 Å². The minimum Gasteiger partial charge on any atom is -0.389 e. The van der Waals surface area contributed by atoms with E-state index in [0.717, 1.165) is 0 Å². The van der Waals surface area contributed by atoms with Crippen LogP contribution in [0.4, 0.5) is 10.1 Å². The molecule has 0 fully saturated rings. The van der Waals surface area contributed by atoms with E-state index in [1.807, 2.05) is 6.92 Å². The van der Waals surface area contributed by atoms with E-state index in [0.29, 0.717) is 19.8 Å². The van der Waals surface area contributed by atoms with Gasteiger partial charge in [-0.3, -0.25) is 0 Å². The first kappa shape index (κ1) is 16.2. The molecule has 1 rings (SSSR count). The van der Waals surface area contributed by atoms with Crippen molar-refractivity contribution < 1.29 is 19.0 Å². The third-order valence-electron chi connectivity index (χ3n) is 2.37. The van der Waals surface area contributed by atoms with E-state index in [1.165, 1.54) is 6.07 Å². The van der Waals surface area contributed by atoms with Crippen LogP contribution in [0.2, 0.25) is 5.02 Å². The molecule has 0 aliphatic heterocycles. The molecule has 108 valence electrons. The van der Waals surface area contributed by atoms with Crippen molar-refractivity contribution in [3.05, 3.63) is 29.0 Å². The lowest BCUT2D eigenvalue weighted by Crippen LogP contribution is -2.26. The van der Waals surface area contributed by atoms with Crippen LogP contribution in [0.5, 0.6) is 0 Å². The van der Waals surface area contributed by atoms with Gasteiger partial charge in [-0.1, -0.05) is 17.7 Å². The van der Waals surface area contributed by atoms with E-state index >= 15 is 0 Å². The monoisotopic (exact) mass is 291 g/mol. The van der Waals surface area contributed by atoms with Gasteiger partial charge in [-0.15, -0.1) is 0 Å². The molecule has 0 spiro atoms. The third-order valence-corrected chi connectivity index (χ3v) is 2.66. The Kier molecular flexibility index (Phi) is 7.74. The van der Waals surface area contributed by atoms with Crippen molar-refractivity contribution in [1.29, 1.82) is 0 Å². The van der Waals surface area contributed by atoms with Crippen LogP contribution in [-0.2, 0) is 9.47 Å². The van der Waals surface area contributed by atoms with E-state index in [-0.39, 0.29) is 23.9 Å². The predicted molar refractivity (Wildman–Crippen MR) is 73.2 cm³/mol. The Hall–Kier alpha value is -0.880. The predicted octanol–water partition coefficient (Wildman–Crippen LogP) is 2.30. The van der Waals surface area contributed by atoms with Crippen LogP contribution < -0.4 is 5.32 Å². The maximum absolute atomic E-state index is 13.5. The molecule has 0 aromatic heterocycles. The molecule has 0 aliphatic rings. The molecule has 19 heavy (non-hydrogen) atoms. The average molecular weight is 292 g/mol. The summed E-state index contributed by atoms with van der Waals surface area (Å²) in [4.78, 5) is 0. The number of hydrogen-bond acceptors (Lipinski definition) is 4. The van der Waals surface area contributed by atoms with Crippen LogP contribution in [-0.4, -0.2) is 44.2 Å². The molecule has 0 saturated carbocycles. The number of benzene rings is 1. The fourth-order valence-corrected chi connectivity index (χ4v) is 1.58. The molecule has 0 bridgehead atoms. The SMILES string of the molecule is CCOCCOCC(O)CNc1cccc(Cl)c1F. The molecule has 1 aromatic rings. The van der Waals surface area contributed by atoms with Gasteiger partial charge in [-0.25, -0.2) is 4.39 Å². The minimum atomic E-state index is -0.722. The first-order valence-corrected chi connectivity index (χ1v) is 6.54. The summed E-state index contributed by atoms with van der Waals surface area (Å²) in [5, 5.41) is 12.5. The second-order valence-electron chi connectivity index (χ2n) is 3.91. The van der Waals surface area contributed by atoms with Gasteiger partial charge in [0, 0.05) is 13.2 Å². The Morgan fingerprint density at radius 3 is 2.84 bits per heavy atom. The molecular weight excluding hydrogens is 273 g/mol. The number of hydrogen-bond donors (Lipinski definition) is 2. The number of halogens is 2. The maximum atomic E-state index is 13.5. The average Bonchev–Trinajstić information content (AvgIpc) is 2.40. The van der Waals surface area contributed by atoms with Gasteiger partial charge >= 0.3 is 0 Å². The topological polar surface area (TPSA) is 50.7 Å².